The highest BCUT2D eigenvalue weighted by atomic mass is 32.2. The van der Waals surface area contributed by atoms with Gasteiger partial charge in [0, 0.05) is 56.1 Å². The number of hydrogen-bond donors (Lipinski definition) is 4. The second-order valence-electron chi connectivity index (χ2n) is 12.7. The number of carbonyl (C=O) groups excluding carboxylic acids is 1. The first-order chi connectivity index (χ1) is 25.4. The molecular formula is C38H36F4N6O4S. The zero-order chi connectivity index (χ0) is 37.8. The van der Waals surface area contributed by atoms with E-state index >= 15 is 13.2 Å². The Balaban J connectivity index is 1.44. The number of aromatic hydroxyl groups is 1. The van der Waals surface area contributed by atoms with E-state index in [1.807, 2.05) is 0 Å². The van der Waals surface area contributed by atoms with Gasteiger partial charge in [0.05, 0.1) is 11.8 Å². The molecule has 5 aromatic rings. The van der Waals surface area contributed by atoms with Crippen LogP contribution >= 0.6 is 0 Å². The number of nitrogens with zero attached hydrogens (tertiary/aromatic N) is 3. The van der Waals surface area contributed by atoms with Crippen molar-refractivity contribution in [3.8, 4) is 5.75 Å². The molecule has 1 fully saturated rings. The van der Waals surface area contributed by atoms with E-state index < -0.39 is 50.7 Å². The minimum absolute atomic E-state index is 0.0138. The predicted molar refractivity (Wildman–Crippen MR) is 189 cm³/mol. The van der Waals surface area contributed by atoms with Gasteiger partial charge in [-0.05, 0) is 90.0 Å². The highest BCUT2D eigenvalue weighted by molar-refractivity contribution is 7.89. The molecule has 10 nitrogen and oxygen atoms in total. The van der Waals surface area contributed by atoms with Crippen LogP contribution in [0.15, 0.2) is 102 Å². The Morgan fingerprint density at radius 2 is 1.68 bits per heavy atom. The Bertz CT molecular complexity index is 2190. The number of nitrogen functional groups attached to an aromatic ring is 1. The zero-order valence-corrected chi connectivity index (χ0v) is 29.1. The number of phenols is 1. The summed E-state index contributed by atoms with van der Waals surface area (Å²) in [6.45, 7) is 0.590. The molecule has 276 valence electrons. The van der Waals surface area contributed by atoms with Gasteiger partial charge in [-0.2, -0.15) is 4.31 Å². The quantitative estimate of drug-likeness (QED) is 0.129. The molecule has 6 rings (SSSR count). The third-order valence-electron chi connectivity index (χ3n) is 9.48. The van der Waals surface area contributed by atoms with Crippen LogP contribution in [0.4, 0.5) is 23.4 Å². The van der Waals surface area contributed by atoms with Crippen LogP contribution < -0.4 is 16.4 Å². The number of para-hydroxylation sites is 1. The molecule has 0 radical (unpaired) electrons. The van der Waals surface area contributed by atoms with Crippen LogP contribution in [0.1, 0.15) is 45.5 Å². The van der Waals surface area contributed by atoms with E-state index in [4.69, 9.17) is 5.73 Å². The minimum Gasteiger partial charge on any atom is -0.507 e. The summed E-state index contributed by atoms with van der Waals surface area (Å²) in [7, 11) is -4.03. The fourth-order valence-electron chi connectivity index (χ4n) is 6.94. The van der Waals surface area contributed by atoms with E-state index in [0.717, 1.165) is 30.5 Å². The summed E-state index contributed by atoms with van der Waals surface area (Å²) in [5.74, 6) is -3.96. The van der Waals surface area contributed by atoms with Crippen LogP contribution in [0, 0.1) is 23.3 Å². The smallest absolute Gasteiger partial charge is 0.255 e. The standard InChI is InChI=1S/C38H36F4N6O4S/c39-26-7-5-24(6-8-26)38(25-17-27(40)19-28(41)18-25,13-14-46-37(50)32-3-1-2-4-35(32)49)33-22-45-23-34(42)31(33)11-9-29-20-44-15-16-48(29)53(51,52)30-10-12-36(43)47-21-30/h1-8,10,12,17-19,21-23,29,44,49H,9,11,13-16,20H2,(H2,43,47)(H,46,50)/t29-,38-/m0/s1. The monoisotopic (exact) mass is 748 g/mol. The van der Waals surface area contributed by atoms with Crippen molar-refractivity contribution in [1.82, 2.24) is 24.9 Å². The number of sulfonamides is 1. The summed E-state index contributed by atoms with van der Waals surface area (Å²) in [5, 5.41) is 16.2. The van der Waals surface area contributed by atoms with Gasteiger partial charge in [-0.25, -0.2) is 31.0 Å². The number of rotatable bonds is 12. The minimum atomic E-state index is -4.03. The molecule has 2 aromatic heterocycles. The Morgan fingerprint density at radius 1 is 0.943 bits per heavy atom. The molecule has 2 atom stereocenters. The van der Waals surface area contributed by atoms with Crippen LogP contribution in [0.25, 0.3) is 0 Å². The lowest BCUT2D eigenvalue weighted by molar-refractivity contribution is 0.0949. The number of halogens is 4. The topological polar surface area (TPSA) is 151 Å². The Kier molecular flexibility index (Phi) is 11.1. The summed E-state index contributed by atoms with van der Waals surface area (Å²) in [5.41, 5.74) is 4.62. The Morgan fingerprint density at radius 3 is 2.38 bits per heavy atom. The van der Waals surface area contributed by atoms with Crippen LogP contribution in [0.5, 0.6) is 5.75 Å². The number of pyridine rings is 2. The number of hydrogen-bond acceptors (Lipinski definition) is 8. The van der Waals surface area contributed by atoms with E-state index in [0.29, 0.717) is 18.2 Å². The van der Waals surface area contributed by atoms with Gasteiger partial charge >= 0.3 is 0 Å². The molecule has 0 bridgehead atoms. The number of aromatic nitrogens is 2. The second kappa shape index (κ2) is 15.7. The average Bonchev–Trinajstić information content (AvgIpc) is 3.13. The van der Waals surface area contributed by atoms with Gasteiger partial charge in [0.15, 0.2) is 0 Å². The normalized spacial score (nSPS) is 16.2. The van der Waals surface area contributed by atoms with E-state index in [1.165, 1.54) is 53.1 Å². The molecule has 3 heterocycles. The van der Waals surface area contributed by atoms with Gasteiger partial charge in [-0.15, -0.1) is 0 Å². The molecular weight excluding hydrogens is 713 g/mol. The molecule has 53 heavy (non-hydrogen) atoms. The van der Waals surface area contributed by atoms with E-state index in [2.05, 4.69) is 20.6 Å². The van der Waals surface area contributed by atoms with Crippen LogP contribution in [-0.4, -0.2) is 65.9 Å². The fourth-order valence-corrected chi connectivity index (χ4v) is 8.54. The molecule has 1 aliphatic heterocycles. The molecule has 1 aliphatic rings. The van der Waals surface area contributed by atoms with Gasteiger partial charge in [0.2, 0.25) is 10.0 Å². The molecule has 3 aromatic carbocycles. The summed E-state index contributed by atoms with van der Waals surface area (Å²) >= 11 is 0. The maximum atomic E-state index is 16.2. The van der Waals surface area contributed by atoms with Crippen molar-refractivity contribution < 1.29 is 35.9 Å². The van der Waals surface area contributed by atoms with Crippen molar-refractivity contribution in [2.75, 3.05) is 31.9 Å². The number of piperazine rings is 1. The maximum Gasteiger partial charge on any atom is 0.255 e. The number of nitrogens with two attached hydrogens (primary N) is 1. The van der Waals surface area contributed by atoms with E-state index in [1.54, 1.807) is 12.1 Å². The number of carbonyl (C=O) groups is 1. The molecule has 15 heteroatoms. The number of amides is 1. The summed E-state index contributed by atoms with van der Waals surface area (Å²) < 4.78 is 89.6. The lowest BCUT2D eigenvalue weighted by atomic mass is 9.66. The fraction of sp³-hybridized carbons (Fsp3) is 0.237. The molecule has 1 amide bonds. The Labute approximate surface area is 303 Å². The average molecular weight is 749 g/mol. The van der Waals surface area contributed by atoms with Crippen LogP contribution in [0.2, 0.25) is 0 Å². The number of benzene rings is 3. The molecule has 0 unspecified atom stereocenters. The van der Waals surface area contributed by atoms with Crippen molar-refractivity contribution >= 4 is 21.7 Å². The highest BCUT2D eigenvalue weighted by Gasteiger charge is 2.41. The summed E-state index contributed by atoms with van der Waals surface area (Å²) in [6, 6.07) is 16.0. The van der Waals surface area contributed by atoms with E-state index in [9.17, 15) is 22.7 Å². The highest BCUT2D eigenvalue weighted by Crippen LogP contribution is 2.45. The first kappa shape index (κ1) is 37.4. The first-order valence-electron chi connectivity index (χ1n) is 16.8. The molecule has 1 saturated heterocycles. The van der Waals surface area contributed by atoms with Gasteiger partial charge in [-0.1, -0.05) is 24.3 Å². The van der Waals surface area contributed by atoms with Crippen molar-refractivity contribution in [3.05, 3.63) is 149 Å². The van der Waals surface area contributed by atoms with Crippen LogP contribution in [-0.2, 0) is 21.9 Å². The van der Waals surface area contributed by atoms with Gasteiger partial charge in [0.1, 0.15) is 39.7 Å². The third kappa shape index (κ3) is 7.87. The lowest BCUT2D eigenvalue weighted by Crippen LogP contribution is -2.53. The lowest BCUT2D eigenvalue weighted by Gasteiger charge is -2.38. The molecule has 0 saturated carbocycles. The predicted octanol–water partition coefficient (Wildman–Crippen LogP) is 5.07. The largest absolute Gasteiger partial charge is 0.507 e. The van der Waals surface area contributed by atoms with Crippen molar-refractivity contribution in [3.63, 3.8) is 0 Å². The third-order valence-corrected chi connectivity index (χ3v) is 11.4. The van der Waals surface area contributed by atoms with Gasteiger partial charge < -0.3 is 21.5 Å². The van der Waals surface area contributed by atoms with Crippen molar-refractivity contribution in [1.29, 1.82) is 0 Å². The van der Waals surface area contributed by atoms with Gasteiger partial charge in [-0.3, -0.25) is 9.78 Å². The van der Waals surface area contributed by atoms with Crippen LogP contribution in [0.3, 0.4) is 0 Å². The number of anilines is 1. The first-order valence-corrected chi connectivity index (χ1v) is 18.2. The Hall–Kier alpha value is -5.38. The summed E-state index contributed by atoms with van der Waals surface area (Å²) in [6.07, 6.45) is 3.47. The van der Waals surface area contributed by atoms with E-state index in [-0.39, 0.29) is 77.6 Å². The number of nitrogens with one attached hydrogen (secondary N) is 2. The second-order valence-corrected chi connectivity index (χ2v) is 14.6. The van der Waals surface area contributed by atoms with Crippen molar-refractivity contribution in [2.45, 2.75) is 35.6 Å². The SMILES string of the molecule is Nc1ccc(S(=O)(=O)N2CCNC[C@@H]2CCc2c(F)cncc2[C@@](CCNC(=O)c2ccccc2O)(c2ccc(F)cc2)c2cc(F)cc(F)c2)cn1. The molecule has 5 N–H and O–H groups in total. The maximum absolute atomic E-state index is 16.2. The molecule has 0 aliphatic carbocycles. The van der Waals surface area contributed by atoms with Gasteiger partial charge in [0.25, 0.3) is 5.91 Å². The zero-order valence-electron chi connectivity index (χ0n) is 28.3. The van der Waals surface area contributed by atoms with Crippen molar-refractivity contribution in [2.24, 2.45) is 0 Å². The number of phenolic OH excluding ortho intramolecular Hbond substituents is 1. The molecule has 0 spiro atoms. The summed E-state index contributed by atoms with van der Waals surface area (Å²) in [4.78, 5) is 21.2.